The van der Waals surface area contributed by atoms with Crippen molar-refractivity contribution in [2.24, 2.45) is 0 Å². The number of hydrogen-bond acceptors (Lipinski definition) is 4. The van der Waals surface area contributed by atoms with Crippen LogP contribution in [0.25, 0.3) is 0 Å². The summed E-state index contributed by atoms with van der Waals surface area (Å²) in [6.07, 6.45) is -3.30. The van der Waals surface area contributed by atoms with Crippen LogP contribution in [0.3, 0.4) is 0 Å². The third kappa shape index (κ3) is 6.56. The zero-order valence-electron chi connectivity index (χ0n) is 16.0. The number of piperazine rings is 1. The Kier molecular flexibility index (Phi) is 8.02. The lowest BCUT2D eigenvalue weighted by molar-refractivity contribution is -0.192. The molecule has 6 nitrogen and oxygen atoms in total. The lowest BCUT2D eigenvalue weighted by Crippen LogP contribution is -2.45. The highest BCUT2D eigenvalue weighted by Crippen LogP contribution is 2.23. The molecule has 1 N–H and O–H groups in total. The van der Waals surface area contributed by atoms with Crippen LogP contribution in [0.1, 0.15) is 5.56 Å². The molecular weight excluding hydrogens is 474 g/mol. The van der Waals surface area contributed by atoms with Crippen LogP contribution >= 0.6 is 15.9 Å². The molecular formula is C19H20BrF4N3O3. The molecule has 0 amide bonds. The van der Waals surface area contributed by atoms with E-state index >= 15 is 0 Å². The van der Waals surface area contributed by atoms with E-state index in [-0.39, 0.29) is 11.4 Å². The second kappa shape index (κ2) is 10.1. The molecule has 1 fully saturated rings. The van der Waals surface area contributed by atoms with Crippen molar-refractivity contribution in [1.29, 1.82) is 0 Å². The van der Waals surface area contributed by atoms with Gasteiger partial charge in [0.25, 0.3) is 5.56 Å². The first-order chi connectivity index (χ1) is 14.0. The van der Waals surface area contributed by atoms with Gasteiger partial charge in [0.05, 0.1) is 12.2 Å². The van der Waals surface area contributed by atoms with Gasteiger partial charge in [-0.15, -0.1) is 0 Å². The monoisotopic (exact) mass is 493 g/mol. The second-order valence-electron chi connectivity index (χ2n) is 6.67. The Morgan fingerprint density at radius 1 is 1.17 bits per heavy atom. The van der Waals surface area contributed by atoms with E-state index in [1.807, 2.05) is 12.1 Å². The zero-order chi connectivity index (χ0) is 22.5. The Labute approximate surface area is 178 Å². The number of carboxylic acids is 1. The summed E-state index contributed by atoms with van der Waals surface area (Å²) < 4.78 is 47.2. The first-order valence-corrected chi connectivity index (χ1v) is 9.65. The molecule has 2 heterocycles. The van der Waals surface area contributed by atoms with Crippen molar-refractivity contribution in [3.8, 4) is 0 Å². The van der Waals surface area contributed by atoms with Crippen LogP contribution in [-0.2, 0) is 11.3 Å². The summed E-state index contributed by atoms with van der Waals surface area (Å²) in [6, 6.07) is 8.28. The molecule has 0 unspecified atom stereocenters. The van der Waals surface area contributed by atoms with Gasteiger partial charge in [-0.25, -0.2) is 9.18 Å². The number of nitrogens with zero attached hydrogens (tertiary/aromatic N) is 3. The highest BCUT2D eigenvalue weighted by molar-refractivity contribution is 9.10. The van der Waals surface area contributed by atoms with Gasteiger partial charge in [-0.2, -0.15) is 13.2 Å². The van der Waals surface area contributed by atoms with Crippen LogP contribution in [0.2, 0.25) is 0 Å². The predicted molar refractivity (Wildman–Crippen MR) is 107 cm³/mol. The smallest absolute Gasteiger partial charge is 0.475 e. The number of anilines is 1. The standard InChI is InChI=1S/C17H19BrFN3O.C2HF3O2/c1-20-7-9-21(10-8-20)15-5-6-22(17(23)16(15)18)12-13-3-2-4-14(19)11-13;3-2(4,5)1(6)7/h2-6,11H,7-10,12H2,1H3;(H,6,7). The molecule has 164 valence electrons. The summed E-state index contributed by atoms with van der Waals surface area (Å²) >= 11 is 3.45. The van der Waals surface area contributed by atoms with Crippen molar-refractivity contribution >= 4 is 27.6 Å². The van der Waals surface area contributed by atoms with Crippen molar-refractivity contribution in [2.45, 2.75) is 12.7 Å². The molecule has 1 aromatic heterocycles. The van der Waals surface area contributed by atoms with Crippen molar-refractivity contribution in [1.82, 2.24) is 9.47 Å². The number of rotatable bonds is 3. The third-order valence-electron chi connectivity index (χ3n) is 4.41. The van der Waals surface area contributed by atoms with Crippen molar-refractivity contribution in [2.75, 3.05) is 38.1 Å². The number of pyridine rings is 1. The number of likely N-dealkylation sites (N-methyl/N-ethyl adjacent to an activating group) is 1. The molecule has 0 saturated carbocycles. The van der Waals surface area contributed by atoms with Gasteiger partial charge >= 0.3 is 12.1 Å². The van der Waals surface area contributed by atoms with Crippen molar-refractivity contribution in [3.63, 3.8) is 0 Å². The number of halogens is 5. The van der Waals surface area contributed by atoms with Crippen LogP contribution in [0.5, 0.6) is 0 Å². The summed E-state index contributed by atoms with van der Waals surface area (Å²) in [7, 11) is 2.10. The zero-order valence-corrected chi connectivity index (χ0v) is 17.6. The van der Waals surface area contributed by atoms with Gasteiger partial charge in [0, 0.05) is 32.4 Å². The Bertz CT molecular complexity index is 941. The van der Waals surface area contributed by atoms with E-state index in [0.717, 1.165) is 37.4 Å². The normalized spacial score (nSPS) is 14.8. The summed E-state index contributed by atoms with van der Waals surface area (Å²) in [5.41, 5.74) is 1.61. The Hall–Kier alpha value is -2.40. The summed E-state index contributed by atoms with van der Waals surface area (Å²) in [5, 5.41) is 7.12. The molecule has 0 aliphatic carbocycles. The number of aliphatic carboxylic acids is 1. The number of carboxylic acid groups (broad SMARTS) is 1. The average Bonchev–Trinajstić information content (AvgIpc) is 2.66. The van der Waals surface area contributed by atoms with E-state index < -0.39 is 12.1 Å². The molecule has 0 radical (unpaired) electrons. The molecule has 2 aromatic rings. The van der Waals surface area contributed by atoms with E-state index in [1.54, 1.807) is 16.8 Å². The summed E-state index contributed by atoms with van der Waals surface area (Å²) in [5.74, 6) is -3.05. The van der Waals surface area contributed by atoms with Gasteiger partial charge in [-0.1, -0.05) is 12.1 Å². The maximum absolute atomic E-state index is 13.3. The minimum Gasteiger partial charge on any atom is -0.475 e. The molecule has 30 heavy (non-hydrogen) atoms. The molecule has 11 heteroatoms. The van der Waals surface area contributed by atoms with Crippen LogP contribution in [0.4, 0.5) is 23.2 Å². The van der Waals surface area contributed by atoms with Crippen molar-refractivity contribution in [3.05, 3.63) is 62.7 Å². The Morgan fingerprint density at radius 3 is 2.30 bits per heavy atom. The molecule has 1 aliphatic heterocycles. The molecule has 3 rings (SSSR count). The third-order valence-corrected chi connectivity index (χ3v) is 5.16. The first kappa shape index (κ1) is 23.9. The van der Waals surface area contributed by atoms with Crippen LogP contribution in [0.15, 0.2) is 45.8 Å². The fourth-order valence-electron chi connectivity index (χ4n) is 2.79. The topological polar surface area (TPSA) is 65.8 Å². The number of hydrogen-bond donors (Lipinski definition) is 1. The predicted octanol–water partition coefficient (Wildman–Crippen LogP) is 3.18. The number of benzene rings is 1. The van der Waals surface area contributed by atoms with Crippen molar-refractivity contribution < 1.29 is 27.5 Å². The lowest BCUT2D eigenvalue weighted by atomic mass is 10.2. The Balaban J connectivity index is 0.000000396. The van der Waals surface area contributed by atoms with Crippen LogP contribution in [0, 0.1) is 5.82 Å². The molecule has 0 bridgehead atoms. The van der Waals surface area contributed by atoms with Gasteiger partial charge in [0.1, 0.15) is 10.3 Å². The van der Waals surface area contributed by atoms with Crippen LogP contribution in [-0.4, -0.2) is 59.9 Å². The highest BCUT2D eigenvalue weighted by atomic mass is 79.9. The van der Waals surface area contributed by atoms with Gasteiger partial charge in [-0.05, 0) is 46.7 Å². The number of aromatic nitrogens is 1. The first-order valence-electron chi connectivity index (χ1n) is 8.86. The maximum Gasteiger partial charge on any atom is 0.490 e. The van der Waals surface area contributed by atoms with E-state index in [9.17, 15) is 22.4 Å². The summed E-state index contributed by atoms with van der Waals surface area (Å²) in [4.78, 5) is 26.0. The average molecular weight is 494 g/mol. The second-order valence-corrected chi connectivity index (χ2v) is 7.46. The SMILES string of the molecule is CN1CCN(c2ccn(Cc3cccc(F)c3)c(=O)c2Br)CC1.O=C(O)C(F)(F)F. The molecule has 1 aromatic carbocycles. The maximum atomic E-state index is 13.3. The quantitative estimate of drug-likeness (QED) is 0.665. The number of alkyl halides is 3. The largest absolute Gasteiger partial charge is 0.490 e. The fourth-order valence-corrected chi connectivity index (χ4v) is 3.40. The Morgan fingerprint density at radius 2 is 1.77 bits per heavy atom. The van der Waals surface area contributed by atoms with E-state index in [4.69, 9.17) is 9.90 Å². The summed E-state index contributed by atoms with van der Waals surface area (Å²) in [6.45, 7) is 4.14. The minimum atomic E-state index is -5.08. The number of carbonyl (C=O) groups is 1. The molecule has 0 spiro atoms. The molecule has 1 aliphatic rings. The van der Waals surface area contributed by atoms with E-state index in [0.29, 0.717) is 11.0 Å². The molecule has 1 saturated heterocycles. The van der Waals surface area contributed by atoms with Gasteiger partial charge in [0.2, 0.25) is 0 Å². The van der Waals surface area contributed by atoms with Gasteiger partial charge in [0.15, 0.2) is 0 Å². The van der Waals surface area contributed by atoms with Crippen LogP contribution < -0.4 is 10.5 Å². The molecule has 0 atom stereocenters. The minimum absolute atomic E-state index is 0.0920. The van der Waals surface area contributed by atoms with Gasteiger partial charge in [-0.3, -0.25) is 4.79 Å². The fraction of sp³-hybridized carbons (Fsp3) is 0.368. The van der Waals surface area contributed by atoms with E-state index in [1.165, 1.54) is 12.1 Å². The lowest BCUT2D eigenvalue weighted by Gasteiger charge is -2.34. The highest BCUT2D eigenvalue weighted by Gasteiger charge is 2.38. The van der Waals surface area contributed by atoms with E-state index in [2.05, 4.69) is 32.8 Å². The van der Waals surface area contributed by atoms with Gasteiger partial charge < -0.3 is 19.5 Å².